The molecule has 1 heterocycles. The first kappa shape index (κ1) is 12.4. The summed E-state index contributed by atoms with van der Waals surface area (Å²) in [7, 11) is 0. The smallest absolute Gasteiger partial charge is 0.242 e. The van der Waals surface area contributed by atoms with Gasteiger partial charge in [-0.15, -0.1) is 0 Å². The number of para-hydroxylation sites is 1. The van der Waals surface area contributed by atoms with Crippen LogP contribution in [0, 0.1) is 6.92 Å². The zero-order valence-electron chi connectivity index (χ0n) is 11.0. The molecule has 0 aliphatic carbocycles. The van der Waals surface area contributed by atoms with Gasteiger partial charge in [0.25, 0.3) is 0 Å². The maximum atomic E-state index is 5.91. The third-order valence-electron chi connectivity index (χ3n) is 2.76. The number of rotatable bonds is 3. The van der Waals surface area contributed by atoms with Gasteiger partial charge in [0.15, 0.2) is 0 Å². The molecule has 0 fully saturated rings. The molecule has 0 bridgehead atoms. The summed E-state index contributed by atoms with van der Waals surface area (Å²) in [6.07, 6.45) is 1.75. The van der Waals surface area contributed by atoms with E-state index in [0.29, 0.717) is 17.5 Å². The maximum absolute atomic E-state index is 5.91. The summed E-state index contributed by atoms with van der Waals surface area (Å²) in [5.41, 5.74) is 8.65. The Morgan fingerprint density at radius 3 is 2.61 bits per heavy atom. The quantitative estimate of drug-likeness (QED) is 0.888. The largest absolute Gasteiger partial charge is 0.437 e. The molecule has 0 saturated heterocycles. The molecule has 0 aliphatic rings. The molecule has 2 N–H and O–H groups in total. The fraction of sp³-hybridized carbons (Fsp3) is 0.267. The number of benzene rings is 1. The van der Waals surface area contributed by atoms with Gasteiger partial charge in [-0.1, -0.05) is 32.0 Å². The van der Waals surface area contributed by atoms with Crippen molar-refractivity contribution in [3.8, 4) is 11.6 Å². The molecule has 1 aromatic heterocycles. The van der Waals surface area contributed by atoms with Crippen molar-refractivity contribution < 1.29 is 4.74 Å². The minimum absolute atomic E-state index is 0.396. The number of anilines is 1. The van der Waals surface area contributed by atoms with Gasteiger partial charge in [0.05, 0.1) is 5.69 Å². The van der Waals surface area contributed by atoms with Gasteiger partial charge >= 0.3 is 0 Å². The first-order valence-electron chi connectivity index (χ1n) is 6.07. The second-order valence-corrected chi connectivity index (χ2v) is 4.70. The second kappa shape index (κ2) is 5.08. The van der Waals surface area contributed by atoms with Gasteiger partial charge in [-0.25, -0.2) is 4.98 Å². The number of aromatic nitrogens is 1. The Kier molecular flexibility index (Phi) is 3.51. The zero-order valence-corrected chi connectivity index (χ0v) is 11.0. The lowest BCUT2D eigenvalue weighted by molar-refractivity contribution is 0.457. The highest BCUT2D eigenvalue weighted by Gasteiger charge is 2.10. The lowest BCUT2D eigenvalue weighted by atomic mass is 10.0. The van der Waals surface area contributed by atoms with Crippen molar-refractivity contribution in [2.24, 2.45) is 0 Å². The Hall–Kier alpha value is -2.03. The Labute approximate surface area is 108 Å². The highest BCUT2D eigenvalue weighted by atomic mass is 16.5. The number of nitrogens with two attached hydrogens (primary N) is 1. The minimum atomic E-state index is 0.396. The minimum Gasteiger partial charge on any atom is -0.437 e. The standard InChI is InChI=1S/C15H18N2O/c1-10(2)12-6-4-5-7-14(12)18-15-13(16)8-11(3)9-17-15/h4-10H,16H2,1-3H3. The highest BCUT2D eigenvalue weighted by molar-refractivity contribution is 5.51. The topological polar surface area (TPSA) is 48.1 Å². The van der Waals surface area contributed by atoms with E-state index < -0.39 is 0 Å². The maximum Gasteiger partial charge on any atom is 0.242 e. The number of pyridine rings is 1. The van der Waals surface area contributed by atoms with Crippen LogP contribution in [0.5, 0.6) is 11.6 Å². The van der Waals surface area contributed by atoms with Crippen LogP contribution in [0.25, 0.3) is 0 Å². The lowest BCUT2D eigenvalue weighted by Crippen LogP contribution is -1.98. The van der Waals surface area contributed by atoms with Crippen LogP contribution in [0.4, 0.5) is 5.69 Å². The normalized spacial score (nSPS) is 10.7. The number of nitrogens with zero attached hydrogens (tertiary/aromatic N) is 1. The Morgan fingerprint density at radius 2 is 1.94 bits per heavy atom. The van der Waals surface area contributed by atoms with Gasteiger partial charge in [0, 0.05) is 6.20 Å². The van der Waals surface area contributed by atoms with Gasteiger partial charge < -0.3 is 10.5 Å². The molecule has 1 aromatic carbocycles. The summed E-state index contributed by atoms with van der Waals surface area (Å²) in [5, 5.41) is 0. The number of aryl methyl sites for hydroxylation is 1. The number of hydrogen-bond donors (Lipinski definition) is 1. The summed E-state index contributed by atoms with van der Waals surface area (Å²) >= 11 is 0. The van der Waals surface area contributed by atoms with E-state index in [1.54, 1.807) is 6.20 Å². The Morgan fingerprint density at radius 1 is 1.22 bits per heavy atom. The molecule has 0 atom stereocenters. The second-order valence-electron chi connectivity index (χ2n) is 4.70. The van der Waals surface area contributed by atoms with Crippen LogP contribution in [0.2, 0.25) is 0 Å². The van der Waals surface area contributed by atoms with E-state index >= 15 is 0 Å². The molecule has 0 spiro atoms. The predicted octanol–water partition coefficient (Wildman–Crippen LogP) is 3.89. The highest BCUT2D eigenvalue weighted by Crippen LogP contribution is 2.31. The van der Waals surface area contributed by atoms with Gasteiger partial charge in [-0.05, 0) is 36.1 Å². The van der Waals surface area contributed by atoms with Crippen LogP contribution in [-0.4, -0.2) is 4.98 Å². The van der Waals surface area contributed by atoms with Gasteiger partial charge in [-0.2, -0.15) is 0 Å². The first-order chi connectivity index (χ1) is 8.58. The molecule has 0 aliphatic heterocycles. The molecule has 0 amide bonds. The number of ether oxygens (including phenoxy) is 1. The van der Waals surface area contributed by atoms with E-state index in [1.807, 2.05) is 31.2 Å². The van der Waals surface area contributed by atoms with Gasteiger partial charge in [-0.3, -0.25) is 0 Å². The third kappa shape index (κ3) is 2.62. The summed E-state index contributed by atoms with van der Waals surface area (Å²) in [6, 6.07) is 9.82. The van der Waals surface area contributed by atoms with Gasteiger partial charge in [0.1, 0.15) is 5.75 Å². The van der Waals surface area contributed by atoms with Gasteiger partial charge in [0.2, 0.25) is 5.88 Å². The molecule has 2 rings (SSSR count). The predicted molar refractivity (Wildman–Crippen MR) is 74.0 cm³/mol. The Balaban J connectivity index is 2.34. The average Bonchev–Trinajstić information content (AvgIpc) is 2.33. The van der Waals surface area contributed by atoms with Crippen molar-refractivity contribution in [3.05, 3.63) is 47.7 Å². The number of nitrogen functional groups attached to an aromatic ring is 1. The van der Waals surface area contributed by atoms with Crippen molar-refractivity contribution in [1.82, 2.24) is 4.98 Å². The van der Waals surface area contributed by atoms with E-state index in [-0.39, 0.29) is 0 Å². The molecular formula is C15H18N2O. The molecule has 0 saturated carbocycles. The van der Waals surface area contributed by atoms with Crippen LogP contribution in [0.3, 0.4) is 0 Å². The van der Waals surface area contributed by atoms with E-state index in [9.17, 15) is 0 Å². The molecule has 3 heteroatoms. The monoisotopic (exact) mass is 242 g/mol. The van der Waals surface area contributed by atoms with Crippen LogP contribution in [0.15, 0.2) is 36.5 Å². The van der Waals surface area contributed by atoms with E-state index in [2.05, 4.69) is 24.9 Å². The Bertz CT molecular complexity index is 550. The van der Waals surface area contributed by atoms with Crippen molar-refractivity contribution >= 4 is 5.69 Å². The summed E-state index contributed by atoms with van der Waals surface area (Å²) < 4.78 is 5.82. The SMILES string of the molecule is Cc1cnc(Oc2ccccc2C(C)C)c(N)c1. The molecule has 18 heavy (non-hydrogen) atoms. The first-order valence-corrected chi connectivity index (χ1v) is 6.07. The van der Waals surface area contributed by atoms with Crippen LogP contribution < -0.4 is 10.5 Å². The zero-order chi connectivity index (χ0) is 13.1. The average molecular weight is 242 g/mol. The van der Waals surface area contributed by atoms with Crippen molar-refractivity contribution in [2.45, 2.75) is 26.7 Å². The summed E-state index contributed by atoms with van der Waals surface area (Å²) in [5.74, 6) is 1.68. The van der Waals surface area contributed by atoms with Crippen LogP contribution in [-0.2, 0) is 0 Å². The lowest BCUT2D eigenvalue weighted by Gasteiger charge is -2.14. The fourth-order valence-corrected chi connectivity index (χ4v) is 1.82. The molecular weight excluding hydrogens is 224 g/mol. The fourth-order valence-electron chi connectivity index (χ4n) is 1.82. The molecule has 0 unspecified atom stereocenters. The molecule has 0 radical (unpaired) electrons. The van der Waals surface area contributed by atoms with Crippen molar-refractivity contribution in [2.75, 3.05) is 5.73 Å². The summed E-state index contributed by atoms with van der Waals surface area (Å²) in [4.78, 5) is 4.23. The number of hydrogen-bond acceptors (Lipinski definition) is 3. The van der Waals surface area contributed by atoms with Crippen molar-refractivity contribution in [1.29, 1.82) is 0 Å². The third-order valence-corrected chi connectivity index (χ3v) is 2.76. The van der Waals surface area contributed by atoms with Crippen LogP contribution in [0.1, 0.15) is 30.9 Å². The molecule has 94 valence electrons. The molecule has 2 aromatic rings. The van der Waals surface area contributed by atoms with Crippen molar-refractivity contribution in [3.63, 3.8) is 0 Å². The van der Waals surface area contributed by atoms with E-state index in [0.717, 1.165) is 16.9 Å². The van der Waals surface area contributed by atoms with E-state index in [1.165, 1.54) is 0 Å². The van der Waals surface area contributed by atoms with E-state index in [4.69, 9.17) is 10.5 Å². The summed E-state index contributed by atoms with van der Waals surface area (Å²) in [6.45, 7) is 6.22. The molecule has 3 nitrogen and oxygen atoms in total. The van der Waals surface area contributed by atoms with Crippen LogP contribution >= 0.6 is 0 Å².